The Kier molecular flexibility index (Phi) is 2.44. The van der Waals surface area contributed by atoms with Crippen LogP contribution in [0.15, 0.2) is 0 Å². The highest BCUT2D eigenvalue weighted by Gasteiger charge is 2.24. The van der Waals surface area contributed by atoms with Gasteiger partial charge >= 0.3 is 0 Å². The molecule has 0 aromatic carbocycles. The highest BCUT2D eigenvalue weighted by Crippen LogP contribution is 2.20. The topological polar surface area (TPSA) is 114 Å². The molecule has 15 heavy (non-hydrogen) atoms. The molecule has 2 heterocycles. The van der Waals surface area contributed by atoms with Gasteiger partial charge in [0.15, 0.2) is 0 Å². The Bertz CT molecular complexity index is 354. The van der Waals surface area contributed by atoms with Crippen molar-refractivity contribution in [1.82, 2.24) is 15.2 Å². The number of carbonyl (C=O) groups is 1. The zero-order chi connectivity index (χ0) is 10.8. The number of piperidine rings is 1. The number of H-pyrrole nitrogens is 1. The number of rotatable bonds is 2. The molecular formula is C8H14N6O. The fourth-order valence-electron chi connectivity index (χ4n) is 1.77. The van der Waals surface area contributed by atoms with Gasteiger partial charge in [-0.3, -0.25) is 4.79 Å². The lowest BCUT2D eigenvalue weighted by Crippen LogP contribution is -2.39. The maximum atomic E-state index is 10.9. The van der Waals surface area contributed by atoms with Crippen LogP contribution in [0.2, 0.25) is 0 Å². The number of nitrogens with two attached hydrogens (primary N) is 2. The van der Waals surface area contributed by atoms with Gasteiger partial charge in [0, 0.05) is 19.0 Å². The Hall–Kier alpha value is -1.79. The normalized spacial score (nSPS) is 18.0. The van der Waals surface area contributed by atoms with Crippen LogP contribution in [0.25, 0.3) is 0 Å². The molecule has 0 atom stereocenters. The molecule has 0 unspecified atom stereocenters. The number of hydrogen-bond donors (Lipinski definition) is 3. The second-order valence-electron chi connectivity index (χ2n) is 3.68. The Morgan fingerprint density at radius 1 is 1.47 bits per heavy atom. The van der Waals surface area contributed by atoms with E-state index in [-0.39, 0.29) is 11.8 Å². The van der Waals surface area contributed by atoms with Gasteiger partial charge in [0.2, 0.25) is 17.8 Å². The summed E-state index contributed by atoms with van der Waals surface area (Å²) in [6.07, 6.45) is 1.51. The molecule has 5 N–H and O–H groups in total. The van der Waals surface area contributed by atoms with Crippen LogP contribution in [-0.4, -0.2) is 34.2 Å². The van der Waals surface area contributed by atoms with E-state index < -0.39 is 0 Å². The maximum Gasteiger partial charge on any atom is 0.246 e. The van der Waals surface area contributed by atoms with Crippen molar-refractivity contribution in [1.29, 1.82) is 0 Å². The first-order valence-corrected chi connectivity index (χ1v) is 4.89. The average molecular weight is 210 g/mol. The molecule has 0 bridgehead atoms. The molecule has 1 aromatic heterocycles. The van der Waals surface area contributed by atoms with Crippen molar-refractivity contribution in [2.75, 3.05) is 23.7 Å². The van der Waals surface area contributed by atoms with Gasteiger partial charge in [-0.1, -0.05) is 0 Å². The number of anilines is 2. The molecule has 1 aliphatic rings. The summed E-state index contributed by atoms with van der Waals surface area (Å²) in [6.45, 7) is 1.48. The molecule has 0 radical (unpaired) electrons. The third-order valence-electron chi connectivity index (χ3n) is 2.67. The Balaban J connectivity index is 1.96. The lowest BCUT2D eigenvalue weighted by molar-refractivity contribution is -0.122. The minimum absolute atomic E-state index is 0.0162. The Morgan fingerprint density at radius 3 is 2.60 bits per heavy atom. The number of nitrogen functional groups attached to an aromatic ring is 1. The summed E-state index contributed by atoms with van der Waals surface area (Å²) in [6, 6.07) is 0. The highest BCUT2D eigenvalue weighted by atomic mass is 16.1. The van der Waals surface area contributed by atoms with Crippen molar-refractivity contribution in [3.8, 4) is 0 Å². The molecule has 1 aromatic rings. The van der Waals surface area contributed by atoms with E-state index in [1.807, 2.05) is 4.90 Å². The first kappa shape index (κ1) is 9.75. The molecule has 1 saturated heterocycles. The van der Waals surface area contributed by atoms with E-state index in [9.17, 15) is 4.79 Å². The quantitative estimate of drug-likeness (QED) is 0.584. The summed E-state index contributed by atoms with van der Waals surface area (Å²) in [5.41, 5.74) is 10.7. The van der Waals surface area contributed by atoms with E-state index in [1.54, 1.807) is 0 Å². The maximum absolute atomic E-state index is 10.9. The fourth-order valence-corrected chi connectivity index (χ4v) is 1.77. The third-order valence-corrected chi connectivity index (χ3v) is 2.67. The SMILES string of the molecule is NC(=O)C1CCN(c2n[nH]c(N)n2)CC1. The number of aromatic nitrogens is 3. The lowest BCUT2D eigenvalue weighted by atomic mass is 9.97. The summed E-state index contributed by atoms with van der Waals surface area (Å²) >= 11 is 0. The van der Waals surface area contributed by atoms with Crippen molar-refractivity contribution in [2.45, 2.75) is 12.8 Å². The number of amides is 1. The van der Waals surface area contributed by atoms with E-state index in [4.69, 9.17) is 11.5 Å². The number of primary amides is 1. The van der Waals surface area contributed by atoms with Gasteiger partial charge in [-0.25, -0.2) is 5.10 Å². The van der Waals surface area contributed by atoms with Crippen molar-refractivity contribution in [2.24, 2.45) is 11.7 Å². The summed E-state index contributed by atoms with van der Waals surface area (Å²) in [5.74, 6) is 0.666. The molecule has 1 aliphatic heterocycles. The minimum Gasteiger partial charge on any atom is -0.369 e. The number of nitrogens with one attached hydrogen (secondary N) is 1. The van der Waals surface area contributed by atoms with Crippen LogP contribution in [0.3, 0.4) is 0 Å². The van der Waals surface area contributed by atoms with Crippen molar-refractivity contribution >= 4 is 17.8 Å². The smallest absolute Gasteiger partial charge is 0.246 e. The second-order valence-corrected chi connectivity index (χ2v) is 3.68. The van der Waals surface area contributed by atoms with Gasteiger partial charge < -0.3 is 16.4 Å². The summed E-state index contributed by atoms with van der Waals surface area (Å²) in [4.78, 5) is 17.0. The zero-order valence-corrected chi connectivity index (χ0v) is 8.31. The molecule has 82 valence electrons. The molecule has 0 spiro atoms. The predicted octanol–water partition coefficient (Wildman–Crippen LogP) is -0.911. The Labute approximate surface area is 86.8 Å². The van der Waals surface area contributed by atoms with Gasteiger partial charge in [-0.15, -0.1) is 5.10 Å². The van der Waals surface area contributed by atoms with Crippen molar-refractivity contribution in [3.63, 3.8) is 0 Å². The van der Waals surface area contributed by atoms with Gasteiger partial charge in [0.1, 0.15) is 0 Å². The van der Waals surface area contributed by atoms with Gasteiger partial charge in [0.05, 0.1) is 0 Å². The molecule has 0 saturated carbocycles. The van der Waals surface area contributed by atoms with Crippen molar-refractivity contribution < 1.29 is 4.79 Å². The molecule has 2 rings (SSSR count). The van der Waals surface area contributed by atoms with E-state index in [2.05, 4.69) is 15.2 Å². The second kappa shape index (κ2) is 3.76. The molecule has 1 fully saturated rings. The Morgan fingerprint density at radius 2 is 2.13 bits per heavy atom. The van der Waals surface area contributed by atoms with E-state index in [0.29, 0.717) is 11.9 Å². The summed E-state index contributed by atoms with van der Waals surface area (Å²) in [7, 11) is 0. The minimum atomic E-state index is -0.218. The molecule has 1 amide bonds. The van der Waals surface area contributed by atoms with Gasteiger partial charge in [0.25, 0.3) is 0 Å². The lowest BCUT2D eigenvalue weighted by Gasteiger charge is -2.29. The number of aromatic amines is 1. The van der Waals surface area contributed by atoms with Crippen molar-refractivity contribution in [3.05, 3.63) is 0 Å². The fraction of sp³-hybridized carbons (Fsp3) is 0.625. The van der Waals surface area contributed by atoms with Crippen LogP contribution < -0.4 is 16.4 Å². The first-order valence-electron chi connectivity index (χ1n) is 4.89. The van der Waals surface area contributed by atoms with Gasteiger partial charge in [-0.2, -0.15) is 4.98 Å². The van der Waals surface area contributed by atoms with Crippen LogP contribution >= 0.6 is 0 Å². The van der Waals surface area contributed by atoms with Crippen LogP contribution in [0.4, 0.5) is 11.9 Å². The molecular weight excluding hydrogens is 196 g/mol. The summed E-state index contributed by atoms with van der Waals surface area (Å²) in [5, 5.41) is 6.54. The number of carbonyl (C=O) groups excluding carboxylic acids is 1. The third kappa shape index (κ3) is 2.00. The van der Waals surface area contributed by atoms with Gasteiger partial charge in [-0.05, 0) is 12.8 Å². The van der Waals surface area contributed by atoms with Crippen LogP contribution in [0.1, 0.15) is 12.8 Å². The largest absolute Gasteiger partial charge is 0.369 e. The van der Waals surface area contributed by atoms with Crippen LogP contribution in [0.5, 0.6) is 0 Å². The highest BCUT2D eigenvalue weighted by molar-refractivity contribution is 5.76. The zero-order valence-electron chi connectivity index (χ0n) is 8.31. The number of hydrogen-bond acceptors (Lipinski definition) is 5. The predicted molar refractivity (Wildman–Crippen MR) is 54.9 cm³/mol. The van der Waals surface area contributed by atoms with E-state index in [0.717, 1.165) is 25.9 Å². The molecule has 0 aliphatic carbocycles. The van der Waals surface area contributed by atoms with Crippen LogP contribution in [0, 0.1) is 5.92 Å². The molecule has 7 nitrogen and oxygen atoms in total. The standard InChI is InChI=1S/C8H14N6O/c9-6(15)5-1-3-14(4-2-5)8-11-7(10)12-13-8/h5H,1-4H2,(H2,9,15)(H3,10,11,12,13). The first-order chi connectivity index (χ1) is 7.16. The van der Waals surface area contributed by atoms with E-state index >= 15 is 0 Å². The van der Waals surface area contributed by atoms with Crippen LogP contribution in [-0.2, 0) is 4.79 Å². The molecule has 7 heteroatoms. The van der Waals surface area contributed by atoms with E-state index in [1.165, 1.54) is 0 Å². The average Bonchev–Trinajstić information content (AvgIpc) is 2.65. The summed E-state index contributed by atoms with van der Waals surface area (Å²) < 4.78 is 0. The monoisotopic (exact) mass is 210 g/mol. The number of nitrogens with zero attached hydrogens (tertiary/aromatic N) is 3.